The van der Waals surface area contributed by atoms with Gasteiger partial charge in [0.1, 0.15) is 5.82 Å². The molecule has 0 radical (unpaired) electrons. The molecule has 1 saturated heterocycles. The lowest BCUT2D eigenvalue weighted by Crippen LogP contribution is -2.44. The van der Waals surface area contributed by atoms with Gasteiger partial charge in [0.15, 0.2) is 0 Å². The van der Waals surface area contributed by atoms with E-state index in [1.54, 1.807) is 6.07 Å². The zero-order chi connectivity index (χ0) is 17.7. The minimum absolute atomic E-state index is 0.0298. The van der Waals surface area contributed by atoms with Gasteiger partial charge in [-0.15, -0.1) is 0 Å². The first-order valence-corrected chi connectivity index (χ1v) is 7.93. The predicted octanol–water partition coefficient (Wildman–Crippen LogP) is 2.13. The van der Waals surface area contributed by atoms with Crippen molar-refractivity contribution in [3.63, 3.8) is 0 Å². The fourth-order valence-electron chi connectivity index (χ4n) is 2.36. The maximum absolute atomic E-state index is 13.6. The summed E-state index contributed by atoms with van der Waals surface area (Å²) in [5.74, 6) is -1.15. The molecule has 0 aromatic heterocycles. The molecule has 1 aliphatic rings. The molecule has 0 unspecified atom stereocenters. The topological polar surface area (TPSA) is 111 Å². The quantitative estimate of drug-likeness (QED) is 0.580. The van der Waals surface area contributed by atoms with E-state index in [9.17, 15) is 18.8 Å². The SMILES string of the molecule is O=C(C[C@@H]1CCN(C(=O)O)C1)NNC(=O)Nc1ccc(Br)cc1F. The smallest absolute Gasteiger partial charge is 0.407 e. The number of hydrogen-bond acceptors (Lipinski definition) is 3. The first-order chi connectivity index (χ1) is 11.3. The van der Waals surface area contributed by atoms with Gasteiger partial charge in [0.05, 0.1) is 5.69 Å². The van der Waals surface area contributed by atoms with Gasteiger partial charge in [-0.2, -0.15) is 0 Å². The van der Waals surface area contributed by atoms with Gasteiger partial charge >= 0.3 is 12.1 Å². The van der Waals surface area contributed by atoms with Gasteiger partial charge in [-0.3, -0.25) is 10.2 Å². The summed E-state index contributed by atoms with van der Waals surface area (Å²) in [6.45, 7) is 0.684. The number of nitrogens with zero attached hydrogens (tertiary/aromatic N) is 1. The second-order valence-corrected chi connectivity index (χ2v) is 6.25. The highest BCUT2D eigenvalue weighted by Crippen LogP contribution is 2.20. The molecule has 1 aromatic carbocycles. The third kappa shape index (κ3) is 5.08. The van der Waals surface area contributed by atoms with Crippen LogP contribution in [0.2, 0.25) is 0 Å². The van der Waals surface area contributed by atoms with E-state index in [4.69, 9.17) is 5.11 Å². The summed E-state index contributed by atoms with van der Waals surface area (Å²) in [4.78, 5) is 35.4. The van der Waals surface area contributed by atoms with Gasteiger partial charge in [0, 0.05) is 24.0 Å². The molecule has 4 amide bonds. The Bertz CT molecular complexity index is 658. The standard InChI is InChI=1S/C14H16BrFN4O4/c15-9-1-2-11(10(16)6-9)17-13(22)19-18-12(21)5-8-3-4-20(7-8)14(23)24/h1-2,6,8H,3-5,7H2,(H,18,21)(H,23,24)(H2,17,19,22)/t8-/m0/s1. The maximum atomic E-state index is 13.6. The third-order valence-electron chi connectivity index (χ3n) is 3.53. The first kappa shape index (κ1) is 18.0. The average Bonchev–Trinajstić information content (AvgIpc) is 2.97. The number of hydrogen-bond donors (Lipinski definition) is 4. The van der Waals surface area contributed by atoms with Crippen LogP contribution in [0, 0.1) is 11.7 Å². The molecule has 1 aromatic rings. The number of amides is 4. The van der Waals surface area contributed by atoms with Crippen LogP contribution in [-0.2, 0) is 4.79 Å². The number of hydrazine groups is 1. The van der Waals surface area contributed by atoms with Crippen LogP contribution in [0.4, 0.5) is 19.7 Å². The summed E-state index contributed by atoms with van der Waals surface area (Å²) in [7, 11) is 0. The Morgan fingerprint density at radius 1 is 1.33 bits per heavy atom. The van der Waals surface area contributed by atoms with Crippen LogP contribution in [0.25, 0.3) is 0 Å². The van der Waals surface area contributed by atoms with E-state index >= 15 is 0 Å². The molecule has 0 bridgehead atoms. The van der Waals surface area contributed by atoms with E-state index in [1.807, 2.05) is 0 Å². The van der Waals surface area contributed by atoms with Gasteiger partial charge in [-0.05, 0) is 30.5 Å². The number of likely N-dealkylation sites (tertiary alicyclic amines) is 1. The molecular formula is C14H16BrFN4O4. The Kier molecular flexibility index (Phi) is 5.96. The van der Waals surface area contributed by atoms with Crippen molar-refractivity contribution in [2.75, 3.05) is 18.4 Å². The first-order valence-electron chi connectivity index (χ1n) is 7.14. The zero-order valence-electron chi connectivity index (χ0n) is 12.5. The van der Waals surface area contributed by atoms with Crippen molar-refractivity contribution in [1.82, 2.24) is 15.8 Å². The van der Waals surface area contributed by atoms with Gasteiger partial charge in [-0.1, -0.05) is 15.9 Å². The van der Waals surface area contributed by atoms with Crippen molar-refractivity contribution in [2.24, 2.45) is 5.92 Å². The molecule has 1 aliphatic heterocycles. The summed E-state index contributed by atoms with van der Waals surface area (Å²) in [5.41, 5.74) is 4.30. The highest BCUT2D eigenvalue weighted by molar-refractivity contribution is 9.10. The van der Waals surface area contributed by atoms with Gasteiger partial charge in [0.25, 0.3) is 0 Å². The largest absolute Gasteiger partial charge is 0.465 e. The lowest BCUT2D eigenvalue weighted by molar-refractivity contribution is -0.122. The van der Waals surface area contributed by atoms with Crippen molar-refractivity contribution in [3.05, 3.63) is 28.5 Å². The maximum Gasteiger partial charge on any atom is 0.407 e. The van der Waals surface area contributed by atoms with Gasteiger partial charge in [0.2, 0.25) is 5.91 Å². The molecule has 0 aliphatic carbocycles. The minimum atomic E-state index is -1.01. The second kappa shape index (κ2) is 7.95. The highest BCUT2D eigenvalue weighted by atomic mass is 79.9. The number of nitrogens with one attached hydrogen (secondary N) is 3. The number of carbonyl (C=O) groups excluding carboxylic acids is 2. The fourth-order valence-corrected chi connectivity index (χ4v) is 2.69. The van der Waals surface area contributed by atoms with Crippen LogP contribution in [0.5, 0.6) is 0 Å². The van der Waals surface area contributed by atoms with Crippen LogP contribution >= 0.6 is 15.9 Å². The van der Waals surface area contributed by atoms with E-state index in [-0.39, 0.29) is 18.0 Å². The number of carboxylic acid groups (broad SMARTS) is 1. The summed E-state index contributed by atoms with van der Waals surface area (Å²) in [6.07, 6.45) is -0.320. The molecule has 24 heavy (non-hydrogen) atoms. The van der Waals surface area contributed by atoms with Gasteiger partial charge in [-0.25, -0.2) is 19.4 Å². The molecule has 0 saturated carbocycles. The number of anilines is 1. The minimum Gasteiger partial charge on any atom is -0.465 e. The van der Waals surface area contributed by atoms with Crippen molar-refractivity contribution < 1.29 is 23.9 Å². The monoisotopic (exact) mass is 402 g/mol. The highest BCUT2D eigenvalue weighted by Gasteiger charge is 2.27. The van der Waals surface area contributed by atoms with Crippen LogP contribution in [-0.4, -0.2) is 41.1 Å². The molecular weight excluding hydrogens is 387 g/mol. The Hall–Kier alpha value is -2.36. The van der Waals surface area contributed by atoms with E-state index in [0.717, 1.165) is 0 Å². The normalized spacial score (nSPS) is 16.6. The molecule has 1 atom stereocenters. The number of halogens is 2. The number of urea groups is 1. The summed E-state index contributed by atoms with van der Waals surface area (Å²) < 4.78 is 14.1. The van der Waals surface area contributed by atoms with E-state index in [1.165, 1.54) is 17.0 Å². The zero-order valence-corrected chi connectivity index (χ0v) is 14.1. The Balaban J connectivity index is 1.73. The van der Waals surface area contributed by atoms with Crippen LogP contribution in [0.15, 0.2) is 22.7 Å². The molecule has 0 spiro atoms. The molecule has 2 rings (SSSR count). The molecule has 10 heteroatoms. The van der Waals surface area contributed by atoms with Crippen molar-refractivity contribution >= 4 is 39.6 Å². The third-order valence-corrected chi connectivity index (χ3v) is 4.02. The summed E-state index contributed by atoms with van der Waals surface area (Å²) >= 11 is 3.10. The fraction of sp³-hybridized carbons (Fsp3) is 0.357. The number of rotatable bonds is 3. The lowest BCUT2D eigenvalue weighted by atomic mass is 10.1. The summed E-state index contributed by atoms with van der Waals surface area (Å²) in [5, 5.41) is 11.1. The molecule has 1 fully saturated rings. The molecule has 8 nitrogen and oxygen atoms in total. The van der Waals surface area contributed by atoms with Crippen LogP contribution in [0.3, 0.4) is 0 Å². The molecule has 130 valence electrons. The Labute approximate surface area is 145 Å². The summed E-state index contributed by atoms with van der Waals surface area (Å²) in [6, 6.07) is 3.34. The van der Waals surface area contributed by atoms with Gasteiger partial charge < -0.3 is 15.3 Å². The van der Waals surface area contributed by atoms with E-state index < -0.39 is 23.8 Å². The van der Waals surface area contributed by atoms with Crippen molar-refractivity contribution in [2.45, 2.75) is 12.8 Å². The number of carbonyl (C=O) groups is 3. The lowest BCUT2D eigenvalue weighted by Gasteiger charge is -2.13. The molecule has 4 N–H and O–H groups in total. The van der Waals surface area contributed by atoms with Crippen LogP contribution in [0.1, 0.15) is 12.8 Å². The predicted molar refractivity (Wildman–Crippen MR) is 86.7 cm³/mol. The van der Waals surface area contributed by atoms with Crippen LogP contribution < -0.4 is 16.2 Å². The van der Waals surface area contributed by atoms with Crippen molar-refractivity contribution in [1.29, 1.82) is 0 Å². The number of benzene rings is 1. The van der Waals surface area contributed by atoms with E-state index in [2.05, 4.69) is 32.1 Å². The Morgan fingerprint density at radius 3 is 2.71 bits per heavy atom. The Morgan fingerprint density at radius 2 is 2.08 bits per heavy atom. The average molecular weight is 403 g/mol. The van der Waals surface area contributed by atoms with Crippen molar-refractivity contribution in [3.8, 4) is 0 Å². The van der Waals surface area contributed by atoms with E-state index in [0.29, 0.717) is 24.0 Å². The molecule has 1 heterocycles. The second-order valence-electron chi connectivity index (χ2n) is 5.34.